The summed E-state index contributed by atoms with van der Waals surface area (Å²) in [6.45, 7) is 15.7. The fourth-order valence-corrected chi connectivity index (χ4v) is 3.50. The third-order valence-corrected chi connectivity index (χ3v) is 5.91. The number of carbonyl (C=O) groups excluding carboxylic acids is 1. The van der Waals surface area contributed by atoms with E-state index in [0.717, 1.165) is 32.6 Å². The Morgan fingerprint density at radius 1 is 1.30 bits per heavy atom. The number of rotatable bonds is 4. The molecule has 0 aliphatic carbocycles. The predicted molar refractivity (Wildman–Crippen MR) is 105 cm³/mol. The molecule has 0 aromatic carbocycles. The molecule has 1 aromatic rings. The van der Waals surface area contributed by atoms with Gasteiger partial charge in [-0.05, 0) is 40.2 Å². The first kappa shape index (κ1) is 20.1. The third kappa shape index (κ3) is 4.61. The maximum absolute atomic E-state index is 12.8. The van der Waals surface area contributed by atoms with Gasteiger partial charge in [0.1, 0.15) is 0 Å². The summed E-state index contributed by atoms with van der Waals surface area (Å²) >= 11 is 0. The molecule has 6 nitrogen and oxygen atoms in total. The molecule has 3 rings (SSSR count). The summed E-state index contributed by atoms with van der Waals surface area (Å²) in [5.74, 6) is 0.611. The van der Waals surface area contributed by atoms with Crippen LogP contribution in [0.2, 0.25) is 0 Å². The van der Waals surface area contributed by atoms with Crippen LogP contribution >= 0.6 is 0 Å². The fraction of sp³-hybridized carbons (Fsp3) is 0.714. The van der Waals surface area contributed by atoms with E-state index < -0.39 is 0 Å². The highest BCUT2D eigenvalue weighted by Gasteiger charge is 2.42. The normalized spacial score (nSPS) is 27.0. The Bertz CT molecular complexity index is 656. The van der Waals surface area contributed by atoms with Gasteiger partial charge in [-0.25, -0.2) is 4.98 Å². The largest absolute Gasteiger partial charge is 0.477 e. The second kappa shape index (κ2) is 7.76. The Hall–Kier alpha value is -1.66. The van der Waals surface area contributed by atoms with Crippen molar-refractivity contribution in [3.05, 3.63) is 23.9 Å². The molecule has 0 N–H and O–H groups in total. The van der Waals surface area contributed by atoms with Crippen LogP contribution < -0.4 is 4.74 Å². The summed E-state index contributed by atoms with van der Waals surface area (Å²) in [5, 5.41) is 0. The van der Waals surface area contributed by atoms with Gasteiger partial charge in [0, 0.05) is 44.0 Å². The van der Waals surface area contributed by atoms with E-state index in [-0.39, 0.29) is 23.0 Å². The molecule has 2 aliphatic heterocycles. The van der Waals surface area contributed by atoms with Gasteiger partial charge in [-0.1, -0.05) is 6.92 Å². The number of aromatic nitrogens is 1. The van der Waals surface area contributed by atoms with Crippen LogP contribution in [0.3, 0.4) is 0 Å². The van der Waals surface area contributed by atoms with E-state index in [4.69, 9.17) is 9.47 Å². The minimum Gasteiger partial charge on any atom is -0.477 e. The molecular weight excluding hydrogens is 342 g/mol. The molecule has 2 fully saturated rings. The van der Waals surface area contributed by atoms with E-state index >= 15 is 0 Å². The quantitative estimate of drug-likeness (QED) is 0.810. The zero-order valence-electron chi connectivity index (χ0n) is 17.3. The standard InChI is InChI=1S/C21H33N3O3/c1-16-21(5,14-26-16)15-27-18-8-7-17(13-22-18)19(25)23-9-6-10-24(12-11-23)20(2,3)4/h7-8,13,16H,6,9-12,14-15H2,1-5H3/t16-,21-/m0/s1. The van der Waals surface area contributed by atoms with E-state index in [1.807, 2.05) is 11.0 Å². The minimum absolute atomic E-state index is 0.0428. The summed E-state index contributed by atoms with van der Waals surface area (Å²) in [5.41, 5.74) is 0.804. The monoisotopic (exact) mass is 375 g/mol. The lowest BCUT2D eigenvalue weighted by Gasteiger charge is -2.44. The lowest BCUT2D eigenvalue weighted by atomic mass is 9.82. The Morgan fingerprint density at radius 3 is 2.63 bits per heavy atom. The Kier molecular flexibility index (Phi) is 5.77. The second-order valence-electron chi connectivity index (χ2n) is 9.08. The van der Waals surface area contributed by atoms with Crippen LogP contribution in [0.25, 0.3) is 0 Å². The number of nitrogens with zero attached hydrogens (tertiary/aromatic N) is 3. The molecule has 1 amide bonds. The Labute approximate surface area is 162 Å². The van der Waals surface area contributed by atoms with Crippen LogP contribution in [0.1, 0.15) is 51.4 Å². The van der Waals surface area contributed by atoms with Gasteiger partial charge in [0.25, 0.3) is 5.91 Å². The molecule has 0 bridgehead atoms. The molecule has 150 valence electrons. The lowest BCUT2D eigenvalue weighted by Crippen LogP contribution is -2.51. The summed E-state index contributed by atoms with van der Waals surface area (Å²) in [7, 11) is 0. The van der Waals surface area contributed by atoms with Crippen molar-refractivity contribution in [3.63, 3.8) is 0 Å². The minimum atomic E-state index is 0.0428. The molecule has 2 aliphatic rings. The van der Waals surface area contributed by atoms with Crippen LogP contribution in [0.15, 0.2) is 18.3 Å². The van der Waals surface area contributed by atoms with Crippen molar-refractivity contribution in [1.29, 1.82) is 0 Å². The molecule has 2 atom stereocenters. The van der Waals surface area contributed by atoms with E-state index in [2.05, 4.69) is 44.5 Å². The van der Waals surface area contributed by atoms with E-state index in [0.29, 0.717) is 24.7 Å². The first-order valence-electron chi connectivity index (χ1n) is 9.94. The van der Waals surface area contributed by atoms with Crippen LogP contribution in [-0.2, 0) is 4.74 Å². The maximum atomic E-state index is 12.8. The second-order valence-corrected chi connectivity index (χ2v) is 9.08. The van der Waals surface area contributed by atoms with Crippen molar-refractivity contribution in [2.24, 2.45) is 5.41 Å². The van der Waals surface area contributed by atoms with Crippen LogP contribution in [-0.4, -0.2) is 71.7 Å². The van der Waals surface area contributed by atoms with E-state index in [9.17, 15) is 4.79 Å². The van der Waals surface area contributed by atoms with Gasteiger partial charge in [0.15, 0.2) is 0 Å². The van der Waals surface area contributed by atoms with Crippen LogP contribution in [0.5, 0.6) is 5.88 Å². The molecule has 6 heteroatoms. The zero-order chi connectivity index (χ0) is 19.7. The summed E-state index contributed by atoms with van der Waals surface area (Å²) < 4.78 is 11.2. The van der Waals surface area contributed by atoms with Gasteiger partial charge in [0.05, 0.1) is 30.3 Å². The highest BCUT2D eigenvalue weighted by molar-refractivity contribution is 5.94. The van der Waals surface area contributed by atoms with Crippen molar-refractivity contribution in [2.45, 2.75) is 52.7 Å². The number of hydrogen-bond acceptors (Lipinski definition) is 5. The smallest absolute Gasteiger partial charge is 0.255 e. The molecule has 2 saturated heterocycles. The highest BCUT2D eigenvalue weighted by Crippen LogP contribution is 2.34. The number of ether oxygens (including phenoxy) is 2. The van der Waals surface area contributed by atoms with Crippen molar-refractivity contribution in [2.75, 3.05) is 39.4 Å². The molecular formula is C21H33N3O3. The Balaban J connectivity index is 1.56. The first-order chi connectivity index (χ1) is 12.7. The number of pyridine rings is 1. The summed E-state index contributed by atoms with van der Waals surface area (Å²) in [4.78, 5) is 21.6. The number of hydrogen-bond donors (Lipinski definition) is 0. The van der Waals surface area contributed by atoms with Gasteiger partial charge >= 0.3 is 0 Å². The predicted octanol–water partition coefficient (Wildman–Crippen LogP) is 2.83. The average molecular weight is 376 g/mol. The zero-order valence-corrected chi connectivity index (χ0v) is 17.3. The molecule has 27 heavy (non-hydrogen) atoms. The van der Waals surface area contributed by atoms with Crippen LogP contribution in [0, 0.1) is 5.41 Å². The van der Waals surface area contributed by atoms with Gasteiger partial charge < -0.3 is 14.4 Å². The highest BCUT2D eigenvalue weighted by atomic mass is 16.5. The molecule has 1 aromatic heterocycles. The lowest BCUT2D eigenvalue weighted by molar-refractivity contribution is -0.181. The van der Waals surface area contributed by atoms with Crippen molar-refractivity contribution < 1.29 is 14.3 Å². The summed E-state index contributed by atoms with van der Waals surface area (Å²) in [6, 6.07) is 3.61. The first-order valence-corrected chi connectivity index (χ1v) is 9.94. The SMILES string of the molecule is C[C@@H]1OC[C@@]1(C)COc1ccc(C(=O)N2CCCN(C(C)(C)C)CC2)cn1. The molecule has 0 spiro atoms. The topological polar surface area (TPSA) is 54.9 Å². The molecule has 0 unspecified atom stereocenters. The van der Waals surface area contributed by atoms with Crippen molar-refractivity contribution in [1.82, 2.24) is 14.8 Å². The number of amides is 1. The van der Waals surface area contributed by atoms with E-state index in [1.54, 1.807) is 12.3 Å². The molecule has 3 heterocycles. The van der Waals surface area contributed by atoms with Crippen molar-refractivity contribution in [3.8, 4) is 5.88 Å². The van der Waals surface area contributed by atoms with Gasteiger partial charge in [-0.2, -0.15) is 0 Å². The fourth-order valence-electron chi connectivity index (χ4n) is 3.50. The van der Waals surface area contributed by atoms with Gasteiger partial charge in [0.2, 0.25) is 5.88 Å². The van der Waals surface area contributed by atoms with Gasteiger partial charge in [-0.3, -0.25) is 9.69 Å². The van der Waals surface area contributed by atoms with Crippen LogP contribution in [0.4, 0.5) is 0 Å². The maximum Gasteiger partial charge on any atom is 0.255 e. The third-order valence-electron chi connectivity index (χ3n) is 5.91. The van der Waals surface area contributed by atoms with Gasteiger partial charge in [-0.15, -0.1) is 0 Å². The molecule has 0 radical (unpaired) electrons. The van der Waals surface area contributed by atoms with Crippen molar-refractivity contribution >= 4 is 5.91 Å². The Morgan fingerprint density at radius 2 is 2.07 bits per heavy atom. The summed E-state index contributed by atoms with van der Waals surface area (Å²) in [6.07, 6.45) is 2.83. The van der Waals surface area contributed by atoms with E-state index in [1.165, 1.54) is 0 Å². The average Bonchev–Trinajstić information content (AvgIpc) is 2.91. The number of carbonyl (C=O) groups is 1. The molecule has 0 saturated carbocycles.